The average molecular weight is 313 g/mol. The summed E-state index contributed by atoms with van der Waals surface area (Å²) in [6.07, 6.45) is 2.25. The molecule has 1 heterocycles. The minimum atomic E-state index is 0. The standard InChI is InChI=1S/C16H24N2O2.ClH/c1-12-9-13(2)11-15(10-12)20-8-5-16(19)18-6-3-14(17)4-7-18;/h9-11,14H,3-8,17H2,1-2H3;1H. The number of halogens is 1. The van der Waals surface area contributed by atoms with Gasteiger partial charge in [-0.15, -0.1) is 12.4 Å². The van der Waals surface area contributed by atoms with Crippen molar-refractivity contribution in [3.8, 4) is 5.75 Å². The minimum Gasteiger partial charge on any atom is -0.493 e. The van der Waals surface area contributed by atoms with Crippen LogP contribution in [0.2, 0.25) is 0 Å². The Hall–Kier alpha value is -1.26. The summed E-state index contributed by atoms with van der Waals surface area (Å²) in [5.74, 6) is 1.01. The van der Waals surface area contributed by atoms with E-state index in [0.717, 1.165) is 31.7 Å². The summed E-state index contributed by atoms with van der Waals surface area (Å²) in [6, 6.07) is 6.36. The second-order valence-corrected chi connectivity index (χ2v) is 5.64. The molecular formula is C16H25ClN2O2. The molecule has 21 heavy (non-hydrogen) atoms. The van der Waals surface area contributed by atoms with Crippen molar-refractivity contribution in [2.24, 2.45) is 5.73 Å². The van der Waals surface area contributed by atoms with Crippen molar-refractivity contribution in [2.75, 3.05) is 19.7 Å². The minimum absolute atomic E-state index is 0. The zero-order valence-electron chi connectivity index (χ0n) is 12.8. The predicted octanol–water partition coefficient (Wildman–Crippen LogP) is 2.44. The maximum Gasteiger partial charge on any atom is 0.225 e. The van der Waals surface area contributed by atoms with Gasteiger partial charge >= 0.3 is 0 Å². The van der Waals surface area contributed by atoms with Crippen LogP contribution in [0, 0.1) is 13.8 Å². The van der Waals surface area contributed by atoms with Gasteiger partial charge in [-0.3, -0.25) is 4.79 Å². The molecule has 0 aliphatic carbocycles. The summed E-state index contributed by atoms with van der Waals surface area (Å²) in [6.45, 7) is 6.08. The van der Waals surface area contributed by atoms with Crippen LogP contribution in [-0.4, -0.2) is 36.5 Å². The Labute approximate surface area is 133 Å². The van der Waals surface area contributed by atoms with Crippen LogP contribution in [0.25, 0.3) is 0 Å². The lowest BCUT2D eigenvalue weighted by atomic mass is 10.1. The zero-order valence-corrected chi connectivity index (χ0v) is 13.6. The predicted molar refractivity (Wildman–Crippen MR) is 87.1 cm³/mol. The van der Waals surface area contributed by atoms with Crippen LogP contribution in [0.3, 0.4) is 0 Å². The van der Waals surface area contributed by atoms with Crippen molar-refractivity contribution in [3.63, 3.8) is 0 Å². The van der Waals surface area contributed by atoms with Crippen LogP contribution in [-0.2, 0) is 4.79 Å². The largest absolute Gasteiger partial charge is 0.493 e. The number of carbonyl (C=O) groups excluding carboxylic acids is 1. The summed E-state index contributed by atoms with van der Waals surface area (Å²) in [7, 11) is 0. The fourth-order valence-corrected chi connectivity index (χ4v) is 2.58. The smallest absolute Gasteiger partial charge is 0.225 e. The topological polar surface area (TPSA) is 55.6 Å². The second kappa shape index (κ2) is 8.25. The highest BCUT2D eigenvalue weighted by atomic mass is 35.5. The molecule has 0 bridgehead atoms. The third-order valence-corrected chi connectivity index (χ3v) is 3.67. The molecule has 1 aliphatic rings. The van der Waals surface area contributed by atoms with Crippen molar-refractivity contribution in [2.45, 2.75) is 39.2 Å². The molecule has 2 N–H and O–H groups in total. The molecule has 4 nitrogen and oxygen atoms in total. The van der Waals surface area contributed by atoms with Gasteiger partial charge in [0.05, 0.1) is 13.0 Å². The number of aryl methyl sites for hydroxylation is 2. The molecule has 0 unspecified atom stereocenters. The third kappa shape index (κ3) is 5.56. The number of benzene rings is 1. The van der Waals surface area contributed by atoms with E-state index < -0.39 is 0 Å². The maximum atomic E-state index is 12.0. The van der Waals surface area contributed by atoms with Crippen LogP contribution in [0.5, 0.6) is 5.75 Å². The van der Waals surface area contributed by atoms with E-state index in [1.54, 1.807) is 0 Å². The van der Waals surface area contributed by atoms with Crippen LogP contribution < -0.4 is 10.5 Å². The summed E-state index contributed by atoms with van der Waals surface area (Å²) >= 11 is 0. The first kappa shape index (κ1) is 17.8. The van der Waals surface area contributed by atoms with E-state index in [4.69, 9.17) is 10.5 Å². The Balaban J connectivity index is 0.00000220. The molecule has 0 radical (unpaired) electrons. The molecule has 1 amide bonds. The molecule has 2 rings (SSSR count). The molecule has 118 valence electrons. The van der Waals surface area contributed by atoms with Gasteiger partial charge in [-0.1, -0.05) is 6.07 Å². The molecule has 1 aromatic rings. The van der Waals surface area contributed by atoms with Gasteiger partial charge < -0.3 is 15.4 Å². The van der Waals surface area contributed by atoms with Gasteiger partial charge in [0.25, 0.3) is 0 Å². The van der Waals surface area contributed by atoms with Gasteiger partial charge in [-0.05, 0) is 49.9 Å². The number of carbonyl (C=O) groups is 1. The SMILES string of the molecule is Cc1cc(C)cc(OCCC(=O)N2CCC(N)CC2)c1.Cl. The maximum absolute atomic E-state index is 12.0. The van der Waals surface area contributed by atoms with Gasteiger partial charge in [-0.25, -0.2) is 0 Å². The number of amides is 1. The molecule has 1 aromatic carbocycles. The lowest BCUT2D eigenvalue weighted by Crippen LogP contribution is -2.43. The van der Waals surface area contributed by atoms with Crippen molar-refractivity contribution in [1.82, 2.24) is 4.90 Å². The number of hydrogen-bond donors (Lipinski definition) is 1. The van der Waals surface area contributed by atoms with E-state index in [-0.39, 0.29) is 24.4 Å². The lowest BCUT2D eigenvalue weighted by Gasteiger charge is -2.30. The molecule has 1 saturated heterocycles. The number of piperidine rings is 1. The Morgan fingerprint density at radius 1 is 1.24 bits per heavy atom. The van der Waals surface area contributed by atoms with E-state index in [1.807, 2.05) is 30.9 Å². The van der Waals surface area contributed by atoms with Gasteiger partial charge in [-0.2, -0.15) is 0 Å². The molecular weight excluding hydrogens is 288 g/mol. The monoisotopic (exact) mass is 312 g/mol. The first-order valence-corrected chi connectivity index (χ1v) is 7.29. The zero-order chi connectivity index (χ0) is 14.5. The molecule has 5 heteroatoms. The van der Waals surface area contributed by atoms with Crippen molar-refractivity contribution < 1.29 is 9.53 Å². The van der Waals surface area contributed by atoms with Crippen molar-refractivity contribution in [3.05, 3.63) is 29.3 Å². The summed E-state index contributed by atoms with van der Waals surface area (Å²) in [4.78, 5) is 13.9. The quantitative estimate of drug-likeness (QED) is 0.929. The summed E-state index contributed by atoms with van der Waals surface area (Å²) in [5.41, 5.74) is 8.19. The summed E-state index contributed by atoms with van der Waals surface area (Å²) in [5, 5.41) is 0. The molecule has 0 spiro atoms. The normalized spacial score (nSPS) is 15.5. The van der Waals surface area contributed by atoms with Gasteiger partial charge in [0.15, 0.2) is 0 Å². The lowest BCUT2D eigenvalue weighted by molar-refractivity contribution is -0.132. The van der Waals surface area contributed by atoms with Gasteiger partial charge in [0.1, 0.15) is 5.75 Å². The van der Waals surface area contributed by atoms with Crippen molar-refractivity contribution >= 4 is 18.3 Å². The number of hydrogen-bond acceptors (Lipinski definition) is 3. The molecule has 1 fully saturated rings. The van der Waals surface area contributed by atoms with E-state index >= 15 is 0 Å². The van der Waals surface area contributed by atoms with E-state index in [1.165, 1.54) is 11.1 Å². The van der Waals surface area contributed by atoms with Crippen LogP contribution in [0.4, 0.5) is 0 Å². The fourth-order valence-electron chi connectivity index (χ4n) is 2.58. The van der Waals surface area contributed by atoms with Crippen molar-refractivity contribution in [1.29, 1.82) is 0 Å². The number of rotatable bonds is 4. The Bertz CT molecular complexity index is 451. The van der Waals surface area contributed by atoms with E-state index in [2.05, 4.69) is 6.07 Å². The fraction of sp³-hybridized carbons (Fsp3) is 0.562. The average Bonchev–Trinajstić information content (AvgIpc) is 2.38. The highest BCUT2D eigenvalue weighted by Gasteiger charge is 2.20. The Morgan fingerprint density at radius 3 is 2.38 bits per heavy atom. The van der Waals surface area contributed by atoms with Gasteiger partial charge in [0.2, 0.25) is 5.91 Å². The molecule has 0 atom stereocenters. The highest BCUT2D eigenvalue weighted by Crippen LogP contribution is 2.16. The molecule has 1 aliphatic heterocycles. The third-order valence-electron chi connectivity index (χ3n) is 3.67. The highest BCUT2D eigenvalue weighted by molar-refractivity contribution is 5.85. The van der Waals surface area contributed by atoms with E-state index in [0.29, 0.717) is 13.0 Å². The molecule has 0 saturated carbocycles. The van der Waals surface area contributed by atoms with Crippen LogP contribution in [0.15, 0.2) is 18.2 Å². The number of nitrogens with zero attached hydrogens (tertiary/aromatic N) is 1. The number of ether oxygens (including phenoxy) is 1. The molecule has 0 aromatic heterocycles. The number of likely N-dealkylation sites (tertiary alicyclic amines) is 1. The Kier molecular flexibility index (Phi) is 6.99. The van der Waals surface area contributed by atoms with Crippen LogP contribution >= 0.6 is 12.4 Å². The second-order valence-electron chi connectivity index (χ2n) is 5.64. The Morgan fingerprint density at radius 2 is 1.81 bits per heavy atom. The van der Waals surface area contributed by atoms with E-state index in [9.17, 15) is 4.79 Å². The summed E-state index contributed by atoms with van der Waals surface area (Å²) < 4.78 is 5.68. The number of nitrogens with two attached hydrogens (primary N) is 1. The first-order valence-electron chi connectivity index (χ1n) is 7.29. The van der Waals surface area contributed by atoms with Gasteiger partial charge in [0, 0.05) is 19.1 Å². The first-order chi connectivity index (χ1) is 9.54. The van der Waals surface area contributed by atoms with Crippen LogP contribution in [0.1, 0.15) is 30.4 Å².